The summed E-state index contributed by atoms with van der Waals surface area (Å²) in [6, 6.07) is 17.1. The Morgan fingerprint density at radius 3 is 0.738 bits per heavy atom. The molecule has 3 amide bonds. The van der Waals surface area contributed by atoms with Crippen molar-refractivity contribution in [2.75, 3.05) is 16.0 Å². The first kappa shape index (κ1) is 30.3. The van der Waals surface area contributed by atoms with E-state index in [-0.39, 0.29) is 17.7 Å². The fourth-order valence-electron chi connectivity index (χ4n) is 5.66. The number of hydrogen-bond donors (Lipinski definition) is 3. The van der Waals surface area contributed by atoms with Crippen LogP contribution in [0.2, 0.25) is 0 Å². The summed E-state index contributed by atoms with van der Waals surface area (Å²) in [5.74, 6) is -0.805. The van der Waals surface area contributed by atoms with E-state index in [0.717, 1.165) is 33.4 Å². The highest BCUT2D eigenvalue weighted by Gasteiger charge is 2.23. The minimum atomic E-state index is -0.268. The van der Waals surface area contributed by atoms with Crippen molar-refractivity contribution in [3.05, 3.63) is 121 Å². The van der Waals surface area contributed by atoms with Crippen molar-refractivity contribution in [1.29, 1.82) is 0 Å². The molecule has 6 heteroatoms. The zero-order valence-corrected chi connectivity index (χ0v) is 25.9. The molecular weight excluding hydrogens is 522 g/mol. The van der Waals surface area contributed by atoms with E-state index in [1.807, 2.05) is 117 Å². The summed E-state index contributed by atoms with van der Waals surface area (Å²) >= 11 is 0. The van der Waals surface area contributed by atoms with Crippen LogP contribution in [0.5, 0.6) is 0 Å². The summed E-state index contributed by atoms with van der Waals surface area (Å²) in [5.41, 5.74) is 11.2. The maximum Gasteiger partial charge on any atom is 0.255 e. The highest BCUT2D eigenvalue weighted by atomic mass is 16.2. The molecule has 0 aliphatic heterocycles. The molecule has 4 rings (SSSR count). The van der Waals surface area contributed by atoms with Crippen molar-refractivity contribution in [3.63, 3.8) is 0 Å². The van der Waals surface area contributed by atoms with Crippen LogP contribution in [0.4, 0.5) is 17.1 Å². The monoisotopic (exact) mass is 561 g/mol. The normalized spacial score (nSPS) is 10.8. The molecule has 216 valence electrons. The molecule has 0 radical (unpaired) electrons. The average Bonchev–Trinajstić information content (AvgIpc) is 2.89. The van der Waals surface area contributed by atoms with Crippen molar-refractivity contribution in [2.45, 2.75) is 62.3 Å². The molecule has 0 saturated carbocycles. The van der Waals surface area contributed by atoms with Gasteiger partial charge in [-0.25, -0.2) is 0 Å². The van der Waals surface area contributed by atoms with Gasteiger partial charge in [0.05, 0.1) is 17.1 Å². The van der Waals surface area contributed by atoms with Gasteiger partial charge in [-0.1, -0.05) is 51.6 Å². The Balaban J connectivity index is 1.82. The minimum absolute atomic E-state index is 0.268. The van der Waals surface area contributed by atoms with Crippen LogP contribution in [0.15, 0.2) is 54.6 Å². The van der Waals surface area contributed by atoms with E-state index in [1.165, 1.54) is 0 Å². The first-order chi connectivity index (χ1) is 19.7. The number of amides is 3. The van der Waals surface area contributed by atoms with Gasteiger partial charge < -0.3 is 16.0 Å². The number of rotatable bonds is 6. The van der Waals surface area contributed by atoms with Crippen molar-refractivity contribution < 1.29 is 14.4 Å². The predicted octanol–water partition coefficient (Wildman–Crippen LogP) is 8.22. The molecule has 0 heterocycles. The summed E-state index contributed by atoms with van der Waals surface area (Å²) in [6.07, 6.45) is 0. The third kappa shape index (κ3) is 6.60. The Kier molecular flexibility index (Phi) is 8.67. The molecule has 0 aromatic heterocycles. The number of nitrogens with one attached hydrogen (secondary N) is 3. The summed E-state index contributed by atoms with van der Waals surface area (Å²) < 4.78 is 0. The smallest absolute Gasteiger partial charge is 0.255 e. The Morgan fingerprint density at radius 2 is 0.548 bits per heavy atom. The van der Waals surface area contributed by atoms with E-state index < -0.39 is 0 Å². The fourth-order valence-corrected chi connectivity index (χ4v) is 5.66. The van der Waals surface area contributed by atoms with Crippen LogP contribution in [-0.2, 0) is 0 Å². The van der Waals surface area contributed by atoms with Gasteiger partial charge in [-0.15, -0.1) is 0 Å². The largest absolute Gasteiger partial charge is 0.321 e. The van der Waals surface area contributed by atoms with Crippen molar-refractivity contribution >= 4 is 34.8 Å². The second kappa shape index (κ2) is 12.0. The lowest BCUT2D eigenvalue weighted by molar-refractivity contribution is 0.101. The number of benzene rings is 4. The van der Waals surface area contributed by atoms with E-state index in [2.05, 4.69) is 16.0 Å². The van der Waals surface area contributed by atoms with Gasteiger partial charge in [0, 0.05) is 16.7 Å². The molecule has 6 nitrogen and oxygen atoms in total. The fraction of sp³-hybridized carbons (Fsp3) is 0.250. The molecule has 0 spiro atoms. The van der Waals surface area contributed by atoms with Gasteiger partial charge in [0.15, 0.2) is 0 Å². The van der Waals surface area contributed by atoms with Gasteiger partial charge in [0.2, 0.25) is 0 Å². The molecule has 4 aromatic rings. The number of anilines is 3. The van der Waals surface area contributed by atoms with E-state index in [4.69, 9.17) is 0 Å². The summed E-state index contributed by atoms with van der Waals surface area (Å²) in [6.45, 7) is 17.3. The van der Waals surface area contributed by atoms with Crippen LogP contribution in [0.25, 0.3) is 0 Å². The Bertz CT molecular complexity index is 1470. The maximum atomic E-state index is 13.5. The number of carbonyl (C=O) groups is 3. The third-order valence-corrected chi connectivity index (χ3v) is 7.42. The quantitative estimate of drug-likeness (QED) is 0.222. The van der Waals surface area contributed by atoms with E-state index in [9.17, 15) is 14.4 Å². The van der Waals surface area contributed by atoms with Crippen LogP contribution >= 0.6 is 0 Å². The first-order valence-electron chi connectivity index (χ1n) is 14.1. The highest BCUT2D eigenvalue weighted by Crippen LogP contribution is 2.39. The van der Waals surface area contributed by atoms with Gasteiger partial charge >= 0.3 is 0 Å². The van der Waals surface area contributed by atoms with Gasteiger partial charge in [-0.05, 0) is 115 Å². The average molecular weight is 562 g/mol. The van der Waals surface area contributed by atoms with Crippen LogP contribution in [0.3, 0.4) is 0 Å². The van der Waals surface area contributed by atoms with E-state index in [0.29, 0.717) is 50.4 Å². The number of carbonyl (C=O) groups excluding carboxylic acids is 3. The van der Waals surface area contributed by atoms with Crippen molar-refractivity contribution in [2.24, 2.45) is 0 Å². The van der Waals surface area contributed by atoms with Gasteiger partial charge in [-0.2, -0.15) is 0 Å². The van der Waals surface area contributed by atoms with E-state index in [1.54, 1.807) is 0 Å². The maximum absolute atomic E-state index is 13.5. The summed E-state index contributed by atoms with van der Waals surface area (Å²) in [4.78, 5) is 40.4. The molecule has 0 saturated heterocycles. The first-order valence-corrected chi connectivity index (χ1v) is 14.1. The van der Waals surface area contributed by atoms with Crippen molar-refractivity contribution in [3.8, 4) is 0 Å². The molecule has 0 atom stereocenters. The second-order valence-corrected chi connectivity index (χ2v) is 11.5. The van der Waals surface area contributed by atoms with Gasteiger partial charge in [0.1, 0.15) is 0 Å². The molecule has 0 aliphatic rings. The SMILES string of the molecule is Cc1cc(C)cc(C(=O)Nc2c(C)c(NC(=O)c3cc(C)cc(C)c3)c(C)c(NC(=O)c3cc(C)cc(C)c3)c2C)c1. The predicted molar refractivity (Wildman–Crippen MR) is 172 cm³/mol. The van der Waals surface area contributed by atoms with E-state index >= 15 is 0 Å². The summed E-state index contributed by atoms with van der Waals surface area (Å²) in [7, 11) is 0. The summed E-state index contributed by atoms with van der Waals surface area (Å²) in [5, 5.41) is 9.23. The molecule has 4 aromatic carbocycles. The molecule has 3 N–H and O–H groups in total. The minimum Gasteiger partial charge on any atom is -0.321 e. The van der Waals surface area contributed by atoms with Crippen molar-refractivity contribution in [1.82, 2.24) is 0 Å². The molecule has 0 fully saturated rings. The Labute approximate surface area is 248 Å². The van der Waals surface area contributed by atoms with Crippen LogP contribution in [-0.4, -0.2) is 17.7 Å². The lowest BCUT2D eigenvalue weighted by Crippen LogP contribution is -2.21. The Morgan fingerprint density at radius 1 is 0.357 bits per heavy atom. The third-order valence-electron chi connectivity index (χ3n) is 7.42. The second-order valence-electron chi connectivity index (χ2n) is 11.5. The molecule has 42 heavy (non-hydrogen) atoms. The zero-order chi connectivity index (χ0) is 30.9. The van der Waals surface area contributed by atoms with Gasteiger partial charge in [0.25, 0.3) is 17.7 Å². The van der Waals surface area contributed by atoms with Gasteiger partial charge in [-0.3, -0.25) is 14.4 Å². The highest BCUT2D eigenvalue weighted by molar-refractivity contribution is 6.11. The van der Waals surface area contributed by atoms with Crippen LogP contribution in [0.1, 0.15) is 81.1 Å². The topological polar surface area (TPSA) is 87.3 Å². The molecule has 0 unspecified atom stereocenters. The van der Waals surface area contributed by atoms with Crippen LogP contribution in [0, 0.1) is 62.3 Å². The molecule has 0 bridgehead atoms. The molecular formula is C36H39N3O3. The number of hydrogen-bond acceptors (Lipinski definition) is 3. The Hall–Kier alpha value is -4.71. The zero-order valence-electron chi connectivity index (χ0n) is 25.9. The van der Waals surface area contributed by atoms with Crippen LogP contribution < -0.4 is 16.0 Å². The lowest BCUT2D eigenvalue weighted by atomic mass is 9.97. The lowest BCUT2D eigenvalue weighted by Gasteiger charge is -2.24. The molecule has 0 aliphatic carbocycles. The standard InChI is InChI=1S/C36H39N3O3/c1-19-10-20(2)14-28(13-19)34(40)37-31-25(7)32(38-35(41)29-15-21(3)11-22(4)16-29)27(9)33(26(31)8)39-36(42)30-17-23(5)12-24(6)18-30/h10-18H,1-9H3,(H,37,40)(H,38,41)(H,39,42). The number of aryl methyl sites for hydroxylation is 6.